The van der Waals surface area contributed by atoms with Crippen LogP contribution in [0.5, 0.6) is 0 Å². The molecule has 0 aliphatic carbocycles. The van der Waals surface area contributed by atoms with E-state index in [4.69, 9.17) is 11.6 Å². The van der Waals surface area contributed by atoms with Crippen molar-refractivity contribution < 1.29 is 4.79 Å². The average molecular weight is 376 g/mol. The van der Waals surface area contributed by atoms with Gasteiger partial charge in [-0.1, -0.05) is 11.6 Å². The molecule has 0 fully saturated rings. The molecule has 0 spiro atoms. The Kier molecular flexibility index (Phi) is 4.06. The summed E-state index contributed by atoms with van der Waals surface area (Å²) in [6.07, 6.45) is 1.65. The van der Waals surface area contributed by atoms with Gasteiger partial charge in [-0.25, -0.2) is 0 Å². The molecule has 4 rings (SSSR count). The highest BCUT2D eigenvalue weighted by atomic mass is 35.5. The maximum Gasteiger partial charge on any atom is 0.257 e. The van der Waals surface area contributed by atoms with E-state index in [9.17, 15) is 9.59 Å². The van der Waals surface area contributed by atoms with E-state index in [0.717, 1.165) is 35.5 Å². The first kappa shape index (κ1) is 15.9. The van der Waals surface area contributed by atoms with Crippen LogP contribution in [0.25, 0.3) is 10.6 Å². The van der Waals surface area contributed by atoms with Crippen LogP contribution in [-0.2, 0) is 6.42 Å². The van der Waals surface area contributed by atoms with Gasteiger partial charge in [-0.2, -0.15) is 5.10 Å². The lowest BCUT2D eigenvalue weighted by molar-refractivity contribution is 0.102. The number of pyridine rings is 1. The summed E-state index contributed by atoms with van der Waals surface area (Å²) in [6.45, 7) is 0.778. The molecule has 9 heteroatoms. The number of hydrogen-bond acceptors (Lipinski definition) is 5. The molecular formula is C16H14ClN5O2S. The normalized spacial score (nSPS) is 13.2. The maximum atomic E-state index is 12.6. The highest BCUT2D eigenvalue weighted by Crippen LogP contribution is 2.31. The predicted molar refractivity (Wildman–Crippen MR) is 98.7 cm³/mol. The predicted octanol–water partition coefficient (Wildman–Crippen LogP) is 3.09. The monoisotopic (exact) mass is 375 g/mol. The molecule has 25 heavy (non-hydrogen) atoms. The van der Waals surface area contributed by atoms with Crippen molar-refractivity contribution in [2.45, 2.75) is 12.8 Å². The van der Waals surface area contributed by atoms with E-state index < -0.39 is 0 Å². The first-order valence-corrected chi connectivity index (χ1v) is 8.92. The van der Waals surface area contributed by atoms with E-state index in [1.807, 2.05) is 6.07 Å². The van der Waals surface area contributed by atoms with Gasteiger partial charge in [0.05, 0.1) is 20.5 Å². The molecule has 0 saturated heterocycles. The zero-order valence-corrected chi connectivity index (χ0v) is 14.6. The molecule has 0 atom stereocenters. The number of aromatic amines is 2. The number of H-pyrrole nitrogens is 2. The summed E-state index contributed by atoms with van der Waals surface area (Å²) in [5.74, 6) is 0.662. The van der Waals surface area contributed by atoms with Crippen LogP contribution in [0.2, 0.25) is 4.34 Å². The topological polar surface area (TPSA) is 103 Å². The number of nitrogens with one attached hydrogen (secondary N) is 4. The minimum atomic E-state index is -0.353. The molecular weight excluding hydrogens is 362 g/mol. The first-order chi connectivity index (χ1) is 12.1. The fourth-order valence-electron chi connectivity index (χ4n) is 2.83. The Morgan fingerprint density at radius 2 is 2.20 bits per heavy atom. The zero-order valence-electron chi connectivity index (χ0n) is 13.0. The van der Waals surface area contributed by atoms with Crippen LogP contribution in [0, 0.1) is 0 Å². The van der Waals surface area contributed by atoms with Crippen molar-refractivity contribution >= 4 is 40.5 Å². The average Bonchev–Trinajstić information content (AvgIpc) is 3.23. The molecule has 0 radical (unpaired) electrons. The number of aromatic nitrogens is 3. The van der Waals surface area contributed by atoms with E-state index in [1.54, 1.807) is 12.1 Å². The number of fused-ring (bicyclic) bond motifs is 1. The lowest BCUT2D eigenvalue weighted by Crippen LogP contribution is -2.24. The van der Waals surface area contributed by atoms with Gasteiger partial charge >= 0.3 is 0 Å². The lowest BCUT2D eigenvalue weighted by Gasteiger charge is -2.19. The Bertz CT molecular complexity index is 1010. The van der Waals surface area contributed by atoms with E-state index in [1.165, 1.54) is 17.4 Å². The summed E-state index contributed by atoms with van der Waals surface area (Å²) in [5.41, 5.74) is 1.65. The molecule has 3 aromatic rings. The number of nitrogens with zero attached hydrogens (tertiary/aromatic N) is 1. The Hall–Kier alpha value is -2.58. The third-order valence-corrected chi connectivity index (χ3v) is 5.22. The van der Waals surface area contributed by atoms with Crippen molar-refractivity contribution in [3.63, 3.8) is 0 Å². The van der Waals surface area contributed by atoms with Gasteiger partial charge < -0.3 is 15.6 Å². The van der Waals surface area contributed by atoms with E-state index in [2.05, 4.69) is 25.8 Å². The van der Waals surface area contributed by atoms with Crippen molar-refractivity contribution in [2.24, 2.45) is 0 Å². The van der Waals surface area contributed by atoms with Gasteiger partial charge in [0.25, 0.3) is 5.91 Å². The van der Waals surface area contributed by atoms with Gasteiger partial charge in [-0.15, -0.1) is 11.3 Å². The van der Waals surface area contributed by atoms with Crippen LogP contribution in [0.1, 0.15) is 22.3 Å². The Morgan fingerprint density at radius 3 is 3.00 bits per heavy atom. The van der Waals surface area contributed by atoms with E-state index in [0.29, 0.717) is 21.5 Å². The summed E-state index contributed by atoms with van der Waals surface area (Å²) in [5, 5.41) is 12.8. The molecule has 0 saturated carbocycles. The van der Waals surface area contributed by atoms with E-state index >= 15 is 0 Å². The molecule has 1 amide bonds. The lowest BCUT2D eigenvalue weighted by atomic mass is 10.0. The van der Waals surface area contributed by atoms with Gasteiger partial charge in [-0.3, -0.25) is 14.7 Å². The van der Waals surface area contributed by atoms with E-state index in [-0.39, 0.29) is 11.5 Å². The third-order valence-electron chi connectivity index (χ3n) is 3.96. The smallest absolute Gasteiger partial charge is 0.257 e. The number of anilines is 2. The number of carbonyl (C=O) groups is 1. The molecule has 0 unspecified atom stereocenters. The summed E-state index contributed by atoms with van der Waals surface area (Å²) < 4.78 is 0.679. The number of amides is 1. The van der Waals surface area contributed by atoms with Crippen LogP contribution < -0.4 is 16.2 Å². The van der Waals surface area contributed by atoms with Gasteiger partial charge in [0.15, 0.2) is 5.82 Å². The Morgan fingerprint density at radius 1 is 1.32 bits per heavy atom. The Labute approximate surface area is 151 Å². The van der Waals surface area contributed by atoms with Crippen molar-refractivity contribution in [3.8, 4) is 10.6 Å². The van der Waals surface area contributed by atoms with Gasteiger partial charge in [-0.05, 0) is 25.0 Å². The summed E-state index contributed by atoms with van der Waals surface area (Å²) >= 11 is 7.36. The SMILES string of the molecule is O=C(Nc1cc(-c2ccc(Cl)s2)[nH]n1)c1cc(=O)[nH]c2c1CCCN2. The molecule has 3 aromatic heterocycles. The number of rotatable bonds is 3. The summed E-state index contributed by atoms with van der Waals surface area (Å²) in [7, 11) is 0. The molecule has 0 aromatic carbocycles. The molecule has 4 heterocycles. The number of halogens is 1. The van der Waals surface area contributed by atoms with Crippen molar-refractivity contribution in [1.82, 2.24) is 15.2 Å². The second-order valence-electron chi connectivity index (χ2n) is 5.66. The second kappa shape index (κ2) is 6.38. The first-order valence-electron chi connectivity index (χ1n) is 7.73. The number of carbonyl (C=O) groups excluding carboxylic acids is 1. The zero-order chi connectivity index (χ0) is 17.4. The van der Waals surface area contributed by atoms with Gasteiger partial charge in [0.1, 0.15) is 5.82 Å². The van der Waals surface area contributed by atoms with Crippen LogP contribution in [0.3, 0.4) is 0 Å². The van der Waals surface area contributed by atoms with Crippen LogP contribution >= 0.6 is 22.9 Å². The summed E-state index contributed by atoms with van der Waals surface area (Å²) in [6, 6.07) is 6.74. The third kappa shape index (κ3) is 3.18. The minimum absolute atomic E-state index is 0.311. The van der Waals surface area contributed by atoms with Gasteiger partial charge in [0, 0.05) is 24.2 Å². The largest absolute Gasteiger partial charge is 0.371 e. The molecule has 4 N–H and O–H groups in total. The molecule has 7 nitrogen and oxygen atoms in total. The summed E-state index contributed by atoms with van der Waals surface area (Å²) in [4.78, 5) is 28.1. The number of hydrogen-bond donors (Lipinski definition) is 4. The van der Waals surface area contributed by atoms with Crippen LogP contribution in [-0.4, -0.2) is 27.6 Å². The second-order valence-corrected chi connectivity index (χ2v) is 7.37. The van der Waals surface area contributed by atoms with Gasteiger partial charge in [0.2, 0.25) is 5.56 Å². The molecule has 1 aliphatic rings. The fourth-order valence-corrected chi connectivity index (χ4v) is 3.84. The highest BCUT2D eigenvalue weighted by molar-refractivity contribution is 7.19. The standard InChI is InChI=1S/C16H14ClN5O2S/c17-12-4-3-11(25-12)10-7-13(22-21-10)19-16(24)9-6-14(23)20-15-8(9)2-1-5-18-15/h3-4,6-7H,1-2,5H2,(H2,18,20,23)(H2,19,21,22,24). The quantitative estimate of drug-likeness (QED) is 0.564. The molecule has 1 aliphatic heterocycles. The number of thiophene rings is 1. The van der Waals surface area contributed by atoms with Crippen molar-refractivity contribution in [1.29, 1.82) is 0 Å². The molecule has 0 bridgehead atoms. The Balaban J connectivity index is 1.60. The van der Waals surface area contributed by atoms with Crippen molar-refractivity contribution in [3.05, 3.63) is 50.1 Å². The maximum absolute atomic E-state index is 12.6. The van der Waals surface area contributed by atoms with Crippen LogP contribution in [0.15, 0.2) is 29.1 Å². The minimum Gasteiger partial charge on any atom is -0.371 e. The fraction of sp³-hybridized carbons (Fsp3) is 0.188. The van der Waals surface area contributed by atoms with Crippen molar-refractivity contribution in [2.75, 3.05) is 17.2 Å². The highest BCUT2D eigenvalue weighted by Gasteiger charge is 2.20. The van der Waals surface area contributed by atoms with Crippen LogP contribution in [0.4, 0.5) is 11.6 Å². The molecule has 128 valence electrons.